The van der Waals surface area contributed by atoms with Gasteiger partial charge in [0, 0.05) is 30.7 Å². The number of aromatic nitrogens is 1. The molecule has 1 aromatic carbocycles. The molecule has 0 fully saturated rings. The largest absolute Gasteiger partial charge is 0.367 e. The highest BCUT2D eigenvalue weighted by Gasteiger charge is 2.19. The Hall–Kier alpha value is -2.40. The summed E-state index contributed by atoms with van der Waals surface area (Å²) in [6.45, 7) is 2.93. The second kappa shape index (κ2) is 6.85. The maximum absolute atomic E-state index is 12.6. The summed E-state index contributed by atoms with van der Waals surface area (Å²) in [6.07, 6.45) is 3.62. The molecule has 0 spiro atoms. The summed E-state index contributed by atoms with van der Waals surface area (Å²) < 4.78 is 0. The number of nitrogens with one attached hydrogen (secondary N) is 1. The van der Waals surface area contributed by atoms with E-state index in [1.54, 1.807) is 4.90 Å². The van der Waals surface area contributed by atoms with Gasteiger partial charge in [-0.1, -0.05) is 12.1 Å². The summed E-state index contributed by atoms with van der Waals surface area (Å²) in [7, 11) is 0. The summed E-state index contributed by atoms with van der Waals surface area (Å²) in [6, 6.07) is 8.99. The molecule has 0 atom stereocenters. The first kappa shape index (κ1) is 15.0. The van der Waals surface area contributed by atoms with Crippen molar-refractivity contribution < 1.29 is 4.79 Å². The summed E-state index contributed by atoms with van der Waals surface area (Å²) >= 11 is 0. The molecule has 110 valence electrons. The molecule has 1 heterocycles. The van der Waals surface area contributed by atoms with Crippen LogP contribution >= 0.6 is 0 Å². The Morgan fingerprint density at radius 2 is 2.14 bits per heavy atom. The maximum Gasteiger partial charge on any atom is 0.263 e. The summed E-state index contributed by atoms with van der Waals surface area (Å²) in [5.74, 6) is -0.309. The van der Waals surface area contributed by atoms with Crippen LogP contribution < -0.4 is 16.1 Å². The lowest BCUT2D eigenvalue weighted by Crippen LogP contribution is -2.35. The van der Waals surface area contributed by atoms with Crippen molar-refractivity contribution in [3.05, 3.63) is 64.1 Å². The Balaban J connectivity index is 2.38. The normalized spacial score (nSPS) is 10.4. The first-order valence-electron chi connectivity index (χ1n) is 6.89. The molecule has 5 nitrogen and oxygen atoms in total. The van der Waals surface area contributed by atoms with Crippen molar-refractivity contribution in [1.29, 1.82) is 0 Å². The van der Waals surface area contributed by atoms with Crippen molar-refractivity contribution in [1.82, 2.24) is 4.98 Å². The number of rotatable bonds is 5. The zero-order valence-electron chi connectivity index (χ0n) is 12.0. The second-order valence-corrected chi connectivity index (χ2v) is 4.86. The fourth-order valence-electron chi connectivity index (χ4n) is 2.12. The predicted octanol–water partition coefficient (Wildman–Crippen LogP) is 1.68. The van der Waals surface area contributed by atoms with E-state index in [2.05, 4.69) is 4.98 Å². The van der Waals surface area contributed by atoms with Gasteiger partial charge in [0.25, 0.3) is 5.91 Å². The number of H-pyrrole nitrogens is 1. The summed E-state index contributed by atoms with van der Waals surface area (Å²) in [5.41, 5.74) is 7.23. The van der Waals surface area contributed by atoms with E-state index in [9.17, 15) is 9.59 Å². The van der Waals surface area contributed by atoms with E-state index in [0.29, 0.717) is 19.5 Å². The zero-order valence-corrected chi connectivity index (χ0v) is 12.0. The monoisotopic (exact) mass is 285 g/mol. The van der Waals surface area contributed by atoms with Crippen LogP contribution in [0.25, 0.3) is 0 Å². The van der Waals surface area contributed by atoms with Gasteiger partial charge >= 0.3 is 0 Å². The molecular weight excluding hydrogens is 266 g/mol. The van der Waals surface area contributed by atoms with Crippen LogP contribution in [0.1, 0.15) is 22.3 Å². The third-order valence-corrected chi connectivity index (χ3v) is 3.20. The van der Waals surface area contributed by atoms with Gasteiger partial charge in [-0.3, -0.25) is 9.59 Å². The molecular formula is C16H19N3O2. The molecule has 0 bridgehead atoms. The first-order chi connectivity index (χ1) is 10.1. The number of carbonyl (C=O) groups excluding carboxylic acids is 1. The second-order valence-electron chi connectivity index (χ2n) is 4.86. The molecule has 1 amide bonds. The number of hydrogen-bond acceptors (Lipinski definition) is 3. The van der Waals surface area contributed by atoms with Crippen molar-refractivity contribution in [2.75, 3.05) is 18.0 Å². The average Bonchev–Trinajstić information content (AvgIpc) is 2.48. The van der Waals surface area contributed by atoms with Crippen molar-refractivity contribution >= 4 is 11.6 Å². The Labute approximate surface area is 123 Å². The van der Waals surface area contributed by atoms with Crippen LogP contribution in [-0.4, -0.2) is 24.0 Å². The minimum atomic E-state index is -0.309. The number of nitrogens with two attached hydrogens (primary N) is 1. The Kier molecular flexibility index (Phi) is 4.90. The molecule has 1 aromatic heterocycles. The van der Waals surface area contributed by atoms with Crippen LogP contribution in [0, 0.1) is 6.92 Å². The molecule has 0 unspecified atom stereocenters. The fourth-order valence-corrected chi connectivity index (χ4v) is 2.12. The topological polar surface area (TPSA) is 79.2 Å². The van der Waals surface area contributed by atoms with E-state index < -0.39 is 0 Å². The van der Waals surface area contributed by atoms with E-state index in [-0.39, 0.29) is 16.9 Å². The summed E-state index contributed by atoms with van der Waals surface area (Å²) in [4.78, 5) is 28.9. The highest BCUT2D eigenvalue weighted by molar-refractivity contribution is 6.05. The lowest BCUT2D eigenvalue weighted by Gasteiger charge is -2.22. The van der Waals surface area contributed by atoms with Crippen LogP contribution in [0.4, 0.5) is 5.69 Å². The Morgan fingerprint density at radius 3 is 2.81 bits per heavy atom. The van der Waals surface area contributed by atoms with E-state index in [1.807, 2.05) is 31.2 Å². The number of hydrogen-bond donors (Lipinski definition) is 2. The van der Waals surface area contributed by atoms with E-state index in [4.69, 9.17) is 5.73 Å². The van der Waals surface area contributed by atoms with Gasteiger partial charge in [-0.15, -0.1) is 0 Å². The van der Waals surface area contributed by atoms with Crippen LogP contribution in [0.15, 0.2) is 47.5 Å². The molecule has 0 saturated carbocycles. The maximum atomic E-state index is 12.6. The Bertz CT molecular complexity index is 679. The van der Waals surface area contributed by atoms with Gasteiger partial charge < -0.3 is 15.6 Å². The van der Waals surface area contributed by atoms with Crippen LogP contribution in [0.3, 0.4) is 0 Å². The zero-order chi connectivity index (χ0) is 15.2. The quantitative estimate of drug-likeness (QED) is 0.877. The van der Waals surface area contributed by atoms with Crippen molar-refractivity contribution in [3.63, 3.8) is 0 Å². The molecule has 2 aromatic rings. The van der Waals surface area contributed by atoms with Gasteiger partial charge in [0.05, 0.1) is 0 Å². The Morgan fingerprint density at radius 1 is 1.33 bits per heavy atom. The van der Waals surface area contributed by atoms with Gasteiger partial charge in [0.1, 0.15) is 5.56 Å². The third-order valence-electron chi connectivity index (χ3n) is 3.20. The number of pyridine rings is 1. The van der Waals surface area contributed by atoms with Gasteiger partial charge in [-0.05, 0) is 37.6 Å². The average molecular weight is 285 g/mol. The summed E-state index contributed by atoms with van der Waals surface area (Å²) in [5, 5.41) is 0. The molecule has 21 heavy (non-hydrogen) atoms. The van der Waals surface area contributed by atoms with E-state index >= 15 is 0 Å². The number of anilines is 1. The number of carbonyl (C=O) groups is 1. The SMILES string of the molecule is Cc1cccc(N(CCCN)C(=O)c2c[nH]ccc2=O)c1. The van der Waals surface area contributed by atoms with E-state index in [0.717, 1.165) is 11.3 Å². The molecule has 0 radical (unpaired) electrons. The smallest absolute Gasteiger partial charge is 0.263 e. The fraction of sp³-hybridized carbons (Fsp3) is 0.250. The number of aryl methyl sites for hydroxylation is 1. The molecule has 0 saturated heterocycles. The van der Waals surface area contributed by atoms with Gasteiger partial charge in [-0.25, -0.2) is 0 Å². The lowest BCUT2D eigenvalue weighted by atomic mass is 10.1. The number of amides is 1. The third kappa shape index (κ3) is 3.58. The highest BCUT2D eigenvalue weighted by atomic mass is 16.2. The van der Waals surface area contributed by atoms with Gasteiger partial charge in [-0.2, -0.15) is 0 Å². The number of nitrogens with zero attached hydrogens (tertiary/aromatic N) is 1. The molecule has 0 aliphatic heterocycles. The number of benzene rings is 1. The minimum Gasteiger partial charge on any atom is -0.367 e. The van der Waals surface area contributed by atoms with Crippen molar-refractivity contribution in [2.24, 2.45) is 5.73 Å². The highest BCUT2D eigenvalue weighted by Crippen LogP contribution is 2.18. The number of aromatic amines is 1. The van der Waals surface area contributed by atoms with Gasteiger partial charge in [0.2, 0.25) is 0 Å². The predicted molar refractivity (Wildman–Crippen MR) is 83.6 cm³/mol. The lowest BCUT2D eigenvalue weighted by molar-refractivity contribution is 0.0985. The van der Waals surface area contributed by atoms with Crippen molar-refractivity contribution in [2.45, 2.75) is 13.3 Å². The molecule has 0 aliphatic rings. The van der Waals surface area contributed by atoms with Crippen molar-refractivity contribution in [3.8, 4) is 0 Å². The van der Waals surface area contributed by atoms with E-state index in [1.165, 1.54) is 18.5 Å². The standard InChI is InChI=1S/C16H19N3O2/c1-12-4-2-5-13(10-12)19(9-3-7-17)16(21)14-11-18-8-6-15(14)20/h2,4-6,8,10-11H,3,7,9,17H2,1H3,(H,18,20). The van der Waals surface area contributed by atoms with Crippen LogP contribution in [0.5, 0.6) is 0 Å². The molecule has 5 heteroatoms. The molecule has 0 aliphatic carbocycles. The van der Waals surface area contributed by atoms with Crippen LogP contribution in [-0.2, 0) is 0 Å². The molecule has 2 rings (SSSR count). The van der Waals surface area contributed by atoms with Crippen LogP contribution in [0.2, 0.25) is 0 Å². The first-order valence-corrected chi connectivity index (χ1v) is 6.89. The van der Waals surface area contributed by atoms with Gasteiger partial charge in [0.15, 0.2) is 5.43 Å². The molecule has 3 N–H and O–H groups in total. The minimum absolute atomic E-state index is 0.135.